The molecule has 0 aliphatic carbocycles. The van der Waals surface area contributed by atoms with Gasteiger partial charge < -0.3 is 14.4 Å². The van der Waals surface area contributed by atoms with Crippen LogP contribution in [0.3, 0.4) is 0 Å². The minimum absolute atomic E-state index is 0.00560. The molecule has 0 unspecified atom stereocenters. The molecule has 0 aromatic heterocycles. The Hall–Kier alpha value is -3.17. The highest BCUT2D eigenvalue weighted by Crippen LogP contribution is 2.27. The lowest BCUT2D eigenvalue weighted by molar-refractivity contribution is 0.0105. The molecule has 1 aliphatic heterocycles. The lowest BCUT2D eigenvalue weighted by Gasteiger charge is -2.33. The highest BCUT2D eigenvalue weighted by molar-refractivity contribution is 5.95. The van der Waals surface area contributed by atoms with E-state index in [-0.39, 0.29) is 11.9 Å². The first-order valence-electron chi connectivity index (χ1n) is 11.3. The van der Waals surface area contributed by atoms with E-state index in [1.165, 1.54) is 0 Å². The topological polar surface area (TPSA) is 60.2 Å². The van der Waals surface area contributed by atoms with Gasteiger partial charge in [0.05, 0.1) is 13.2 Å². The van der Waals surface area contributed by atoms with Gasteiger partial charge in [0.25, 0.3) is 0 Å². The van der Waals surface area contributed by atoms with Gasteiger partial charge in [0.1, 0.15) is 5.60 Å². The van der Waals surface area contributed by atoms with Gasteiger partial charge in [-0.25, -0.2) is 9.64 Å². The van der Waals surface area contributed by atoms with Gasteiger partial charge >= 0.3 is 6.09 Å². The zero-order valence-electron chi connectivity index (χ0n) is 19.9. The van der Waals surface area contributed by atoms with E-state index in [0.29, 0.717) is 43.5 Å². The first-order chi connectivity index (χ1) is 15.6. The van der Waals surface area contributed by atoms with Crippen molar-refractivity contribution >= 4 is 17.6 Å². The van der Waals surface area contributed by atoms with Crippen LogP contribution in [-0.2, 0) is 16.1 Å². The third-order valence-corrected chi connectivity index (χ3v) is 5.60. The minimum atomic E-state index is -0.485. The molecule has 0 spiro atoms. The number of Topliss-reactive ketones (excluding diaryl/α,β-unsaturated/α-hetero) is 1. The van der Waals surface area contributed by atoms with E-state index in [1.807, 2.05) is 57.2 Å². The normalized spacial score (nSPS) is 14.6. The zero-order chi connectivity index (χ0) is 24.0. The maximum atomic E-state index is 12.2. The third-order valence-electron chi connectivity index (χ3n) is 5.60. The van der Waals surface area contributed by atoms with Crippen molar-refractivity contribution in [1.29, 1.82) is 0 Å². The Morgan fingerprint density at radius 2 is 1.82 bits per heavy atom. The van der Waals surface area contributed by atoms with E-state index in [0.717, 1.165) is 29.5 Å². The van der Waals surface area contributed by atoms with Crippen molar-refractivity contribution in [3.05, 3.63) is 65.0 Å². The van der Waals surface area contributed by atoms with Crippen molar-refractivity contribution in [2.45, 2.75) is 52.7 Å². The number of carbonyl (C=O) groups excluding carboxylic acids is 2. The van der Waals surface area contributed by atoms with Gasteiger partial charge in [-0.05, 0) is 87.4 Å². The van der Waals surface area contributed by atoms with Crippen LogP contribution in [-0.4, -0.2) is 42.1 Å². The summed E-state index contributed by atoms with van der Waals surface area (Å²) in [5.41, 5.74) is 3.44. The van der Waals surface area contributed by atoms with E-state index in [2.05, 4.69) is 4.85 Å². The molecule has 1 fully saturated rings. The van der Waals surface area contributed by atoms with E-state index in [4.69, 9.17) is 16.0 Å². The standard InChI is InChI=1S/C27H32N2O4/c1-19(30)23-13-21(14-24(15-23)22-7-6-8-25(16-22)28-5)18-32-17-20-9-11-29(12-10-20)26(31)33-27(2,3)4/h6-8,13-16,20H,9-12,17-18H2,1-4H3. The monoisotopic (exact) mass is 448 g/mol. The summed E-state index contributed by atoms with van der Waals surface area (Å²) >= 11 is 0. The Balaban J connectivity index is 1.58. The van der Waals surface area contributed by atoms with Crippen molar-refractivity contribution in [1.82, 2.24) is 4.90 Å². The lowest BCUT2D eigenvalue weighted by Crippen LogP contribution is -2.42. The molecule has 174 valence electrons. The number of rotatable bonds is 6. The first-order valence-corrected chi connectivity index (χ1v) is 11.3. The molecule has 3 rings (SSSR count). The highest BCUT2D eigenvalue weighted by atomic mass is 16.6. The molecule has 0 bridgehead atoms. The molecule has 2 aromatic carbocycles. The van der Waals surface area contributed by atoms with E-state index < -0.39 is 5.60 Å². The lowest BCUT2D eigenvalue weighted by atomic mass is 9.97. The molecule has 33 heavy (non-hydrogen) atoms. The minimum Gasteiger partial charge on any atom is -0.444 e. The molecule has 0 saturated carbocycles. The molecule has 1 amide bonds. The van der Waals surface area contributed by atoms with Crippen molar-refractivity contribution in [2.24, 2.45) is 5.92 Å². The van der Waals surface area contributed by atoms with Crippen LogP contribution in [0.4, 0.5) is 10.5 Å². The van der Waals surface area contributed by atoms with Crippen LogP contribution in [0.25, 0.3) is 16.0 Å². The number of hydrogen-bond donors (Lipinski definition) is 0. The first kappa shape index (κ1) is 24.5. The number of nitrogens with zero attached hydrogens (tertiary/aromatic N) is 2. The fraction of sp³-hybridized carbons (Fsp3) is 0.444. The van der Waals surface area contributed by atoms with Gasteiger partial charge in [-0.2, -0.15) is 0 Å². The molecule has 1 aliphatic rings. The molecule has 0 radical (unpaired) electrons. The molecule has 6 heteroatoms. The molecular formula is C27H32N2O4. The van der Waals surface area contributed by atoms with Crippen LogP contribution in [0.1, 0.15) is 56.5 Å². The summed E-state index contributed by atoms with van der Waals surface area (Å²) in [5, 5.41) is 0. The third kappa shape index (κ3) is 7.16. The summed E-state index contributed by atoms with van der Waals surface area (Å²) in [6, 6.07) is 13.1. The Morgan fingerprint density at radius 1 is 1.09 bits per heavy atom. The van der Waals surface area contributed by atoms with Crippen molar-refractivity contribution in [2.75, 3.05) is 19.7 Å². The van der Waals surface area contributed by atoms with Crippen molar-refractivity contribution in [3.8, 4) is 11.1 Å². The predicted molar refractivity (Wildman–Crippen MR) is 128 cm³/mol. The quantitative estimate of drug-likeness (QED) is 0.386. The molecule has 1 heterocycles. The largest absolute Gasteiger partial charge is 0.444 e. The number of piperidine rings is 1. The second-order valence-corrected chi connectivity index (χ2v) is 9.56. The van der Waals surface area contributed by atoms with E-state index >= 15 is 0 Å². The van der Waals surface area contributed by atoms with E-state index in [1.54, 1.807) is 17.9 Å². The predicted octanol–water partition coefficient (Wildman–Crippen LogP) is 6.27. The summed E-state index contributed by atoms with van der Waals surface area (Å²) in [6.45, 7) is 16.8. The maximum Gasteiger partial charge on any atom is 0.410 e. The summed E-state index contributed by atoms with van der Waals surface area (Å²) in [5.74, 6) is 0.378. The average Bonchev–Trinajstić information content (AvgIpc) is 2.78. The van der Waals surface area contributed by atoms with Gasteiger partial charge in [0, 0.05) is 25.3 Å². The Labute approximate surface area is 196 Å². The van der Waals surface area contributed by atoms with Crippen molar-refractivity contribution < 1.29 is 19.1 Å². The van der Waals surface area contributed by atoms with Crippen LogP contribution in [0.5, 0.6) is 0 Å². The van der Waals surface area contributed by atoms with Crippen LogP contribution in [0, 0.1) is 12.5 Å². The SMILES string of the molecule is [C-]#[N+]c1cccc(-c2cc(COCC3CCN(C(=O)OC(C)(C)C)CC3)cc(C(C)=O)c2)c1. The summed E-state index contributed by atoms with van der Waals surface area (Å²) < 4.78 is 11.5. The number of hydrogen-bond acceptors (Lipinski definition) is 4. The smallest absolute Gasteiger partial charge is 0.410 e. The summed E-state index contributed by atoms with van der Waals surface area (Å²) in [7, 11) is 0. The maximum absolute atomic E-state index is 12.2. The van der Waals surface area contributed by atoms with Gasteiger partial charge in [0.2, 0.25) is 0 Å². The summed E-state index contributed by atoms with van der Waals surface area (Å²) in [4.78, 5) is 29.6. The fourth-order valence-electron chi connectivity index (χ4n) is 3.85. The van der Waals surface area contributed by atoms with Crippen LogP contribution in [0.2, 0.25) is 0 Å². The second kappa shape index (κ2) is 10.6. The summed E-state index contributed by atoms with van der Waals surface area (Å²) in [6.07, 6.45) is 1.50. The van der Waals surface area contributed by atoms with Gasteiger partial charge in [-0.15, -0.1) is 0 Å². The molecule has 2 aromatic rings. The zero-order valence-corrected chi connectivity index (χ0v) is 19.9. The molecular weight excluding hydrogens is 416 g/mol. The molecule has 0 N–H and O–H groups in total. The number of ether oxygens (including phenoxy) is 2. The fourth-order valence-corrected chi connectivity index (χ4v) is 3.85. The Morgan fingerprint density at radius 3 is 2.45 bits per heavy atom. The van der Waals surface area contributed by atoms with Gasteiger partial charge in [0.15, 0.2) is 11.5 Å². The number of likely N-dealkylation sites (tertiary alicyclic amines) is 1. The second-order valence-electron chi connectivity index (χ2n) is 9.56. The number of amides is 1. The van der Waals surface area contributed by atoms with Crippen molar-refractivity contribution in [3.63, 3.8) is 0 Å². The molecule has 1 saturated heterocycles. The van der Waals surface area contributed by atoms with Gasteiger partial charge in [-0.3, -0.25) is 4.79 Å². The molecule has 0 atom stereocenters. The Kier molecular flexibility index (Phi) is 7.88. The number of benzene rings is 2. The van der Waals surface area contributed by atoms with Crippen LogP contribution >= 0.6 is 0 Å². The number of ketones is 1. The highest BCUT2D eigenvalue weighted by Gasteiger charge is 2.26. The van der Waals surface area contributed by atoms with Crippen LogP contribution in [0.15, 0.2) is 42.5 Å². The Bertz CT molecular complexity index is 1040. The average molecular weight is 449 g/mol. The van der Waals surface area contributed by atoms with Crippen LogP contribution < -0.4 is 0 Å². The van der Waals surface area contributed by atoms with Gasteiger partial charge in [-0.1, -0.05) is 18.2 Å². The number of carbonyl (C=O) groups is 2. The molecule has 6 nitrogen and oxygen atoms in total. The van der Waals surface area contributed by atoms with E-state index in [9.17, 15) is 9.59 Å².